The lowest BCUT2D eigenvalue weighted by molar-refractivity contribution is -0.146. The van der Waals surface area contributed by atoms with Crippen molar-refractivity contribution in [2.75, 3.05) is 17.2 Å². The number of hydrogen-bond donors (Lipinski definition) is 2. The lowest BCUT2D eigenvalue weighted by Crippen LogP contribution is -2.21. The third-order valence-corrected chi connectivity index (χ3v) is 4.61. The lowest BCUT2D eigenvalue weighted by atomic mass is 9.90. The van der Waals surface area contributed by atoms with E-state index in [4.69, 9.17) is 4.74 Å². The van der Waals surface area contributed by atoms with Crippen LogP contribution in [0.3, 0.4) is 0 Å². The van der Waals surface area contributed by atoms with Crippen LogP contribution in [0.2, 0.25) is 0 Å². The molecule has 0 unspecified atom stereocenters. The molecular weight excluding hydrogens is 356 g/mol. The van der Waals surface area contributed by atoms with Crippen LogP contribution >= 0.6 is 0 Å². The Morgan fingerprint density at radius 3 is 2.21 bits per heavy atom. The number of aryl methyl sites for hydroxylation is 2. The minimum atomic E-state index is -0.424. The Labute approximate surface area is 164 Å². The molecule has 3 rings (SSSR count). The average Bonchev–Trinajstić information content (AvgIpc) is 2.67. The van der Waals surface area contributed by atoms with Crippen LogP contribution in [0, 0.1) is 0 Å². The first-order chi connectivity index (χ1) is 13.5. The second kappa shape index (κ2) is 9.17. The van der Waals surface area contributed by atoms with Crippen molar-refractivity contribution in [1.29, 1.82) is 0 Å². The largest absolute Gasteiger partial charge is 0.455 e. The summed E-state index contributed by atoms with van der Waals surface area (Å²) in [5.41, 5.74) is 4.80. The van der Waals surface area contributed by atoms with Crippen LogP contribution in [0.15, 0.2) is 42.5 Å². The molecule has 146 valence electrons. The van der Waals surface area contributed by atoms with Crippen LogP contribution in [0.4, 0.5) is 11.4 Å². The van der Waals surface area contributed by atoms with Gasteiger partial charge in [0.2, 0.25) is 5.91 Å². The van der Waals surface area contributed by atoms with E-state index in [1.165, 1.54) is 30.9 Å². The molecule has 6 nitrogen and oxygen atoms in total. The van der Waals surface area contributed by atoms with Crippen LogP contribution in [0.5, 0.6) is 0 Å². The maximum Gasteiger partial charge on any atom is 0.310 e. The molecule has 1 aliphatic carbocycles. The smallest absolute Gasteiger partial charge is 0.310 e. The minimum Gasteiger partial charge on any atom is -0.455 e. The number of amides is 2. The molecule has 0 bridgehead atoms. The monoisotopic (exact) mass is 380 g/mol. The summed E-state index contributed by atoms with van der Waals surface area (Å²) in [6.07, 6.45) is 4.73. The van der Waals surface area contributed by atoms with Gasteiger partial charge in [0.25, 0.3) is 5.91 Å². The molecular formula is C22H24N2O4. The highest BCUT2D eigenvalue weighted by Crippen LogP contribution is 2.22. The van der Waals surface area contributed by atoms with E-state index in [0.717, 1.165) is 18.4 Å². The van der Waals surface area contributed by atoms with Crippen molar-refractivity contribution in [3.05, 3.63) is 59.2 Å². The van der Waals surface area contributed by atoms with Gasteiger partial charge >= 0.3 is 5.97 Å². The second-order valence-corrected chi connectivity index (χ2v) is 6.95. The van der Waals surface area contributed by atoms with Gasteiger partial charge in [-0.05, 0) is 66.6 Å². The average molecular weight is 380 g/mol. The van der Waals surface area contributed by atoms with Gasteiger partial charge in [-0.15, -0.1) is 0 Å². The van der Waals surface area contributed by atoms with Crippen molar-refractivity contribution >= 4 is 29.2 Å². The van der Waals surface area contributed by atoms with Gasteiger partial charge in [0, 0.05) is 18.3 Å². The maximum absolute atomic E-state index is 12.0. The van der Waals surface area contributed by atoms with Crippen LogP contribution in [-0.2, 0) is 38.4 Å². The molecule has 2 aromatic rings. The highest BCUT2D eigenvalue weighted by atomic mass is 16.5. The molecule has 0 saturated carbocycles. The number of nitrogens with one attached hydrogen (secondary N) is 2. The number of rotatable bonds is 6. The topological polar surface area (TPSA) is 84.5 Å². The third-order valence-electron chi connectivity index (χ3n) is 4.61. The molecule has 0 radical (unpaired) electrons. The van der Waals surface area contributed by atoms with E-state index in [2.05, 4.69) is 22.8 Å². The number of esters is 1. The van der Waals surface area contributed by atoms with Crippen LogP contribution in [0.25, 0.3) is 0 Å². The second-order valence-electron chi connectivity index (χ2n) is 6.95. The third kappa shape index (κ3) is 5.67. The van der Waals surface area contributed by atoms with Crippen LogP contribution < -0.4 is 10.6 Å². The Hall–Kier alpha value is -3.15. The van der Waals surface area contributed by atoms with Gasteiger partial charge in [-0.1, -0.05) is 18.2 Å². The van der Waals surface area contributed by atoms with Gasteiger partial charge < -0.3 is 15.4 Å². The Bertz CT molecular complexity index is 875. The van der Waals surface area contributed by atoms with Gasteiger partial charge in [0.15, 0.2) is 6.61 Å². The van der Waals surface area contributed by atoms with Crippen molar-refractivity contribution in [2.45, 2.75) is 39.0 Å². The molecule has 1 aliphatic rings. The highest BCUT2D eigenvalue weighted by molar-refractivity contribution is 5.93. The van der Waals surface area contributed by atoms with Gasteiger partial charge in [0.05, 0.1) is 6.42 Å². The number of hydrogen-bond acceptors (Lipinski definition) is 4. The maximum atomic E-state index is 12.0. The van der Waals surface area contributed by atoms with Crippen LogP contribution in [0.1, 0.15) is 36.5 Å². The Balaban J connectivity index is 1.45. The first-order valence-electron chi connectivity index (χ1n) is 9.43. The molecule has 0 fully saturated rings. The SMILES string of the molecule is CC(=O)Nc1ccc(NC(=O)COC(=O)Cc2ccc3c(c2)CCCC3)cc1. The summed E-state index contributed by atoms with van der Waals surface area (Å²) in [4.78, 5) is 35.0. The molecule has 0 heterocycles. The number of carbonyl (C=O) groups excluding carboxylic acids is 3. The molecule has 0 aromatic heterocycles. The lowest BCUT2D eigenvalue weighted by Gasteiger charge is -2.16. The van der Waals surface area contributed by atoms with E-state index in [1.807, 2.05) is 6.07 Å². The standard InChI is InChI=1S/C22H24N2O4/c1-15(25)23-19-8-10-20(11-9-19)24-21(26)14-28-22(27)13-16-6-7-17-4-2-3-5-18(17)12-16/h6-12H,2-5,13-14H2,1H3,(H,23,25)(H,24,26). The summed E-state index contributed by atoms with van der Waals surface area (Å²) in [7, 11) is 0. The van der Waals surface area contributed by atoms with E-state index < -0.39 is 11.9 Å². The molecule has 2 aromatic carbocycles. The fourth-order valence-electron chi connectivity index (χ4n) is 3.30. The molecule has 0 spiro atoms. The summed E-state index contributed by atoms with van der Waals surface area (Å²) >= 11 is 0. The summed E-state index contributed by atoms with van der Waals surface area (Å²) in [6, 6.07) is 12.8. The number of carbonyl (C=O) groups is 3. The van der Waals surface area contributed by atoms with E-state index in [9.17, 15) is 14.4 Å². The molecule has 0 atom stereocenters. The summed E-state index contributed by atoms with van der Waals surface area (Å²) in [5, 5.41) is 5.30. The fraction of sp³-hybridized carbons (Fsp3) is 0.318. The zero-order chi connectivity index (χ0) is 19.9. The van der Waals surface area contributed by atoms with Crippen molar-refractivity contribution in [2.24, 2.45) is 0 Å². The zero-order valence-corrected chi connectivity index (χ0v) is 15.9. The summed E-state index contributed by atoms with van der Waals surface area (Å²) in [6.45, 7) is 1.09. The number of anilines is 2. The quantitative estimate of drug-likeness (QED) is 0.754. The normalized spacial score (nSPS) is 12.6. The zero-order valence-electron chi connectivity index (χ0n) is 15.9. The Morgan fingerprint density at radius 2 is 1.54 bits per heavy atom. The van der Waals surface area contributed by atoms with Gasteiger partial charge in [0.1, 0.15) is 0 Å². The molecule has 0 saturated heterocycles. The van der Waals surface area contributed by atoms with Crippen molar-refractivity contribution in [3.8, 4) is 0 Å². The van der Waals surface area contributed by atoms with Gasteiger partial charge in [-0.25, -0.2) is 0 Å². The molecule has 28 heavy (non-hydrogen) atoms. The number of benzene rings is 2. The first kappa shape index (κ1) is 19.6. The molecule has 2 N–H and O–H groups in total. The summed E-state index contributed by atoms with van der Waals surface area (Å²) < 4.78 is 5.09. The van der Waals surface area contributed by atoms with E-state index in [1.54, 1.807) is 24.3 Å². The van der Waals surface area contributed by atoms with Gasteiger partial charge in [-0.2, -0.15) is 0 Å². The van der Waals surface area contributed by atoms with Crippen molar-refractivity contribution < 1.29 is 19.1 Å². The van der Waals surface area contributed by atoms with Crippen molar-refractivity contribution in [1.82, 2.24) is 0 Å². The van der Waals surface area contributed by atoms with E-state index in [-0.39, 0.29) is 18.9 Å². The minimum absolute atomic E-state index is 0.159. The predicted molar refractivity (Wildman–Crippen MR) is 107 cm³/mol. The predicted octanol–water partition coefficient (Wildman–Crippen LogP) is 3.25. The van der Waals surface area contributed by atoms with Gasteiger partial charge in [-0.3, -0.25) is 14.4 Å². The molecule has 2 amide bonds. The Morgan fingerprint density at radius 1 is 0.893 bits per heavy atom. The summed E-state index contributed by atoms with van der Waals surface area (Å²) in [5.74, 6) is -0.999. The highest BCUT2D eigenvalue weighted by Gasteiger charge is 2.13. The Kier molecular flexibility index (Phi) is 6.42. The first-order valence-corrected chi connectivity index (χ1v) is 9.43. The molecule has 6 heteroatoms. The van der Waals surface area contributed by atoms with E-state index in [0.29, 0.717) is 11.4 Å². The van der Waals surface area contributed by atoms with Crippen molar-refractivity contribution in [3.63, 3.8) is 0 Å². The molecule has 0 aliphatic heterocycles. The van der Waals surface area contributed by atoms with E-state index >= 15 is 0 Å². The fourth-order valence-corrected chi connectivity index (χ4v) is 3.30. The van der Waals surface area contributed by atoms with Crippen LogP contribution in [-0.4, -0.2) is 24.4 Å². The number of ether oxygens (including phenoxy) is 1. The number of fused-ring (bicyclic) bond motifs is 1.